The number of hydrazine groups is 1. The van der Waals surface area contributed by atoms with Crippen molar-refractivity contribution >= 4 is 5.82 Å². The number of anilines is 1. The van der Waals surface area contributed by atoms with Crippen LogP contribution in [0.25, 0.3) is 0 Å². The third-order valence-electron chi connectivity index (χ3n) is 1.97. The summed E-state index contributed by atoms with van der Waals surface area (Å²) < 4.78 is 0. The first-order valence-electron chi connectivity index (χ1n) is 4.80. The van der Waals surface area contributed by atoms with E-state index >= 15 is 0 Å². The number of nitrogens with zero attached hydrogens (tertiary/aromatic N) is 2. The molecule has 1 heterocycles. The molecule has 0 aromatic carbocycles. The molecule has 0 bridgehead atoms. The molecule has 0 amide bonds. The van der Waals surface area contributed by atoms with Gasteiger partial charge in [0.1, 0.15) is 5.82 Å². The molecule has 3 heteroatoms. The van der Waals surface area contributed by atoms with Crippen molar-refractivity contribution in [3.05, 3.63) is 23.9 Å². The van der Waals surface area contributed by atoms with Gasteiger partial charge in [0.05, 0.1) is 0 Å². The molecule has 3 nitrogen and oxygen atoms in total. The fourth-order valence-electron chi connectivity index (χ4n) is 1.13. The third kappa shape index (κ3) is 3.00. The van der Waals surface area contributed by atoms with Crippen molar-refractivity contribution in [2.75, 3.05) is 19.5 Å². The maximum Gasteiger partial charge on any atom is 0.140 e. The van der Waals surface area contributed by atoms with Gasteiger partial charge in [-0.05, 0) is 17.0 Å². The molecule has 0 spiro atoms. The summed E-state index contributed by atoms with van der Waals surface area (Å²) in [7, 11) is 3.89. The Kier molecular flexibility index (Phi) is 3.11. The molecular formula is C11H19N3. The van der Waals surface area contributed by atoms with E-state index in [9.17, 15) is 0 Å². The van der Waals surface area contributed by atoms with E-state index < -0.39 is 0 Å². The highest BCUT2D eigenvalue weighted by molar-refractivity contribution is 5.35. The summed E-state index contributed by atoms with van der Waals surface area (Å²) in [6, 6.07) is 4.11. The lowest BCUT2D eigenvalue weighted by atomic mass is 9.88. The van der Waals surface area contributed by atoms with Crippen molar-refractivity contribution < 1.29 is 0 Å². The Bertz CT molecular complexity index is 282. The van der Waals surface area contributed by atoms with Crippen LogP contribution in [0.4, 0.5) is 5.82 Å². The van der Waals surface area contributed by atoms with E-state index in [-0.39, 0.29) is 5.41 Å². The average molecular weight is 193 g/mol. The third-order valence-corrected chi connectivity index (χ3v) is 1.97. The Morgan fingerprint density at radius 1 is 1.21 bits per heavy atom. The molecule has 0 atom stereocenters. The molecule has 0 aliphatic rings. The molecule has 1 N–H and O–H groups in total. The van der Waals surface area contributed by atoms with Crippen LogP contribution in [0.3, 0.4) is 0 Å². The van der Waals surface area contributed by atoms with Crippen LogP contribution >= 0.6 is 0 Å². The number of hydrogen-bond acceptors (Lipinski definition) is 3. The first-order valence-corrected chi connectivity index (χ1v) is 4.80. The van der Waals surface area contributed by atoms with Crippen LogP contribution < -0.4 is 5.43 Å². The van der Waals surface area contributed by atoms with E-state index in [1.165, 1.54) is 5.56 Å². The second-order valence-electron chi connectivity index (χ2n) is 4.69. The fourth-order valence-corrected chi connectivity index (χ4v) is 1.13. The highest BCUT2D eigenvalue weighted by Crippen LogP contribution is 2.21. The summed E-state index contributed by atoms with van der Waals surface area (Å²) in [5.41, 5.74) is 4.53. The summed E-state index contributed by atoms with van der Waals surface area (Å²) >= 11 is 0. The summed E-state index contributed by atoms with van der Waals surface area (Å²) in [6.07, 6.45) is 1.92. The molecule has 0 radical (unpaired) electrons. The summed E-state index contributed by atoms with van der Waals surface area (Å²) in [4.78, 5) is 4.33. The van der Waals surface area contributed by atoms with E-state index in [1.807, 2.05) is 31.4 Å². The Balaban J connectivity index is 2.79. The van der Waals surface area contributed by atoms with Crippen LogP contribution in [-0.4, -0.2) is 24.1 Å². The summed E-state index contributed by atoms with van der Waals surface area (Å²) in [5.74, 6) is 0.878. The maximum absolute atomic E-state index is 4.33. The second kappa shape index (κ2) is 3.96. The van der Waals surface area contributed by atoms with Gasteiger partial charge in [0, 0.05) is 20.3 Å². The number of nitrogens with one attached hydrogen (secondary N) is 1. The molecule has 0 fully saturated rings. The second-order valence-corrected chi connectivity index (χ2v) is 4.69. The fraction of sp³-hybridized carbons (Fsp3) is 0.545. The lowest BCUT2D eigenvalue weighted by Crippen LogP contribution is -2.20. The predicted molar refractivity (Wildman–Crippen MR) is 60.2 cm³/mol. The Hall–Kier alpha value is -1.09. The largest absolute Gasteiger partial charge is 0.304 e. The summed E-state index contributed by atoms with van der Waals surface area (Å²) in [5, 5.41) is 1.87. The van der Waals surface area contributed by atoms with Crippen molar-refractivity contribution in [2.24, 2.45) is 0 Å². The van der Waals surface area contributed by atoms with Crippen LogP contribution in [0.2, 0.25) is 0 Å². The molecule has 1 rings (SSSR count). The standard InChI is InChI=1S/C11H19N3/c1-11(2,3)9-6-7-10(12-8-9)13-14(4)5/h6-8H,1-5H3,(H,12,13). The van der Waals surface area contributed by atoms with Gasteiger partial charge in [0.15, 0.2) is 0 Å². The first kappa shape index (κ1) is 11.0. The van der Waals surface area contributed by atoms with Crippen LogP contribution in [0.5, 0.6) is 0 Å². The molecule has 0 saturated carbocycles. The van der Waals surface area contributed by atoms with E-state index in [2.05, 4.69) is 37.2 Å². The van der Waals surface area contributed by atoms with Crippen LogP contribution in [-0.2, 0) is 5.41 Å². The molecule has 0 saturated heterocycles. The quantitative estimate of drug-likeness (QED) is 0.730. The average Bonchev–Trinajstić information content (AvgIpc) is 2.02. The highest BCUT2D eigenvalue weighted by Gasteiger charge is 2.13. The van der Waals surface area contributed by atoms with Crippen LogP contribution in [0.1, 0.15) is 26.3 Å². The molecule has 0 aliphatic carbocycles. The zero-order valence-electron chi connectivity index (χ0n) is 9.63. The van der Waals surface area contributed by atoms with E-state index in [0.717, 1.165) is 5.82 Å². The van der Waals surface area contributed by atoms with Crippen molar-refractivity contribution in [3.8, 4) is 0 Å². The minimum absolute atomic E-state index is 0.170. The minimum atomic E-state index is 0.170. The van der Waals surface area contributed by atoms with Crippen LogP contribution in [0, 0.1) is 0 Å². The first-order chi connectivity index (χ1) is 6.39. The lowest BCUT2D eigenvalue weighted by molar-refractivity contribution is 0.492. The van der Waals surface area contributed by atoms with Crippen molar-refractivity contribution in [1.29, 1.82) is 0 Å². The van der Waals surface area contributed by atoms with Gasteiger partial charge in [-0.3, -0.25) is 0 Å². The molecule has 1 aromatic heterocycles. The number of aromatic nitrogens is 1. The molecule has 0 aliphatic heterocycles. The van der Waals surface area contributed by atoms with E-state index in [1.54, 1.807) is 0 Å². The van der Waals surface area contributed by atoms with Crippen LogP contribution in [0.15, 0.2) is 18.3 Å². The minimum Gasteiger partial charge on any atom is -0.304 e. The van der Waals surface area contributed by atoms with Gasteiger partial charge >= 0.3 is 0 Å². The van der Waals surface area contributed by atoms with E-state index in [4.69, 9.17) is 0 Å². The predicted octanol–water partition coefficient (Wildman–Crippen LogP) is 2.27. The molecule has 14 heavy (non-hydrogen) atoms. The molecular weight excluding hydrogens is 174 g/mol. The summed E-state index contributed by atoms with van der Waals surface area (Å²) in [6.45, 7) is 6.55. The zero-order valence-corrected chi connectivity index (χ0v) is 9.63. The maximum atomic E-state index is 4.33. The number of hydrogen-bond donors (Lipinski definition) is 1. The SMILES string of the molecule is CN(C)Nc1ccc(C(C)(C)C)cn1. The van der Waals surface area contributed by atoms with Gasteiger partial charge in [-0.1, -0.05) is 26.8 Å². The van der Waals surface area contributed by atoms with Crippen molar-refractivity contribution in [3.63, 3.8) is 0 Å². The van der Waals surface area contributed by atoms with Gasteiger partial charge in [-0.15, -0.1) is 0 Å². The smallest absolute Gasteiger partial charge is 0.140 e. The molecule has 1 aromatic rings. The number of pyridine rings is 1. The van der Waals surface area contributed by atoms with Gasteiger partial charge in [-0.25, -0.2) is 9.99 Å². The van der Waals surface area contributed by atoms with Crippen molar-refractivity contribution in [1.82, 2.24) is 9.99 Å². The molecule has 0 unspecified atom stereocenters. The van der Waals surface area contributed by atoms with E-state index in [0.29, 0.717) is 0 Å². The number of rotatable bonds is 2. The Morgan fingerprint density at radius 3 is 2.21 bits per heavy atom. The lowest BCUT2D eigenvalue weighted by Gasteiger charge is -2.19. The normalized spacial score (nSPS) is 11.9. The zero-order chi connectivity index (χ0) is 10.8. The highest BCUT2D eigenvalue weighted by atomic mass is 15.5. The Labute approximate surface area is 86.1 Å². The van der Waals surface area contributed by atoms with Gasteiger partial charge < -0.3 is 5.43 Å². The van der Waals surface area contributed by atoms with Gasteiger partial charge in [-0.2, -0.15) is 0 Å². The monoisotopic (exact) mass is 193 g/mol. The van der Waals surface area contributed by atoms with Gasteiger partial charge in [0.2, 0.25) is 0 Å². The molecule has 78 valence electrons. The van der Waals surface area contributed by atoms with Crippen molar-refractivity contribution in [2.45, 2.75) is 26.2 Å². The van der Waals surface area contributed by atoms with Gasteiger partial charge in [0.25, 0.3) is 0 Å². The topological polar surface area (TPSA) is 28.2 Å². The Morgan fingerprint density at radius 2 is 1.86 bits per heavy atom.